The first-order valence-electron chi connectivity index (χ1n) is 7.88. The summed E-state index contributed by atoms with van der Waals surface area (Å²) in [5.74, 6) is -1.06. The zero-order chi connectivity index (χ0) is 19.2. The zero-order valence-electron chi connectivity index (χ0n) is 15.1. The van der Waals surface area contributed by atoms with E-state index in [1.54, 1.807) is 30.3 Å². The van der Waals surface area contributed by atoms with Crippen LogP contribution in [0.15, 0.2) is 59.5 Å². The molecule has 0 aliphatic heterocycles. The molecule has 5 nitrogen and oxygen atoms in total. The van der Waals surface area contributed by atoms with Crippen molar-refractivity contribution in [2.45, 2.75) is 24.2 Å². The standard InChI is InChI=1S/C18H20N2O3S3.K/c1-13-7-9-14(10-8-13)15(11-17(21)19-20-18(24)25)12-26(22,23)16-5-3-2-4-6-16;/h2-10,15H,11-12H2,1H3,(H,19,21)(H2,20,24,25);/q;+1/p-1. The van der Waals surface area contributed by atoms with E-state index >= 15 is 0 Å². The number of carbonyl (C=O) groups is 1. The molecule has 2 aromatic carbocycles. The fraction of sp³-hybridized carbons (Fsp3) is 0.222. The Balaban J connectivity index is 0.00000364. The second-order valence-corrected chi connectivity index (χ2v) is 8.98. The summed E-state index contributed by atoms with van der Waals surface area (Å²) in [5.41, 5.74) is 6.63. The third kappa shape index (κ3) is 8.24. The molecule has 0 heterocycles. The average molecular weight is 447 g/mol. The Bertz CT molecular complexity index is 872. The van der Waals surface area contributed by atoms with Gasteiger partial charge in [0.15, 0.2) is 9.84 Å². The first-order valence-corrected chi connectivity index (χ1v) is 10.3. The van der Waals surface area contributed by atoms with E-state index in [-0.39, 0.29) is 78.7 Å². The van der Waals surface area contributed by atoms with Gasteiger partial charge >= 0.3 is 51.4 Å². The number of sulfone groups is 1. The number of hydrogen-bond acceptors (Lipinski definition) is 5. The number of aryl methyl sites for hydroxylation is 1. The van der Waals surface area contributed by atoms with Gasteiger partial charge in [0, 0.05) is 12.3 Å². The average Bonchev–Trinajstić information content (AvgIpc) is 2.60. The molecule has 0 fully saturated rings. The number of nitrogens with one attached hydrogen (secondary N) is 2. The van der Waals surface area contributed by atoms with Gasteiger partial charge in [-0.2, -0.15) is 0 Å². The van der Waals surface area contributed by atoms with Crippen LogP contribution < -0.4 is 62.2 Å². The summed E-state index contributed by atoms with van der Waals surface area (Å²) >= 11 is 9.36. The van der Waals surface area contributed by atoms with E-state index in [9.17, 15) is 13.2 Å². The van der Waals surface area contributed by atoms with Gasteiger partial charge in [-0.25, -0.2) is 8.42 Å². The molecule has 0 aromatic heterocycles. The van der Waals surface area contributed by atoms with Crippen LogP contribution in [0.2, 0.25) is 0 Å². The Labute approximate surface area is 213 Å². The summed E-state index contributed by atoms with van der Waals surface area (Å²) in [4.78, 5) is 12.4. The minimum absolute atomic E-state index is 0. The van der Waals surface area contributed by atoms with Gasteiger partial charge in [-0.15, -0.1) is 0 Å². The first kappa shape index (κ1) is 24.6. The molecule has 27 heavy (non-hydrogen) atoms. The second kappa shape index (κ2) is 11.6. The first-order chi connectivity index (χ1) is 12.3. The van der Waals surface area contributed by atoms with Crippen molar-refractivity contribution >= 4 is 44.9 Å². The van der Waals surface area contributed by atoms with Crippen LogP contribution >= 0.6 is 12.2 Å². The van der Waals surface area contributed by atoms with Gasteiger partial charge in [-0.1, -0.05) is 48.0 Å². The Morgan fingerprint density at radius 1 is 1.07 bits per heavy atom. The molecule has 0 saturated carbocycles. The number of rotatable bonds is 6. The molecule has 0 aliphatic rings. The Morgan fingerprint density at radius 3 is 2.22 bits per heavy atom. The van der Waals surface area contributed by atoms with Gasteiger partial charge in [0.25, 0.3) is 0 Å². The third-order valence-corrected chi connectivity index (χ3v) is 5.84. The molecule has 0 radical (unpaired) electrons. The van der Waals surface area contributed by atoms with Crippen LogP contribution in [0.1, 0.15) is 23.5 Å². The number of hydrogen-bond donors (Lipinski definition) is 2. The van der Waals surface area contributed by atoms with Crippen molar-refractivity contribution in [3.63, 3.8) is 0 Å². The molecule has 0 spiro atoms. The Kier molecular flexibility index (Phi) is 10.6. The maximum Gasteiger partial charge on any atom is 1.00 e. The van der Waals surface area contributed by atoms with Gasteiger partial charge in [0.05, 0.1) is 10.6 Å². The number of carbonyl (C=O) groups excluding carboxylic acids is 1. The molecule has 9 heteroatoms. The third-order valence-electron chi connectivity index (χ3n) is 3.81. The molecule has 1 unspecified atom stereocenters. The van der Waals surface area contributed by atoms with Crippen LogP contribution in [-0.2, 0) is 27.3 Å². The van der Waals surface area contributed by atoms with E-state index in [0.29, 0.717) is 0 Å². The molecule has 2 rings (SSSR count). The van der Waals surface area contributed by atoms with E-state index < -0.39 is 15.8 Å². The predicted octanol–water partition coefficient (Wildman–Crippen LogP) is -0.601. The fourth-order valence-electron chi connectivity index (χ4n) is 2.50. The van der Waals surface area contributed by atoms with Crippen molar-refractivity contribution in [2.24, 2.45) is 0 Å². The molecule has 2 aromatic rings. The monoisotopic (exact) mass is 446 g/mol. The number of thiocarbonyl (C=S) groups is 1. The molecule has 0 bridgehead atoms. The Morgan fingerprint density at radius 2 is 1.67 bits per heavy atom. The molecular formula is C18H19KN2O3S3. The molecule has 0 aliphatic carbocycles. The quantitative estimate of drug-likeness (QED) is 0.267. The minimum atomic E-state index is -3.54. The van der Waals surface area contributed by atoms with Crippen LogP contribution in [0.4, 0.5) is 0 Å². The van der Waals surface area contributed by atoms with Crippen LogP contribution in [0.5, 0.6) is 0 Å². The van der Waals surface area contributed by atoms with Crippen molar-refractivity contribution in [2.75, 3.05) is 5.75 Å². The molecule has 138 valence electrons. The van der Waals surface area contributed by atoms with Gasteiger partial charge in [0.2, 0.25) is 5.91 Å². The second-order valence-electron chi connectivity index (χ2n) is 5.87. The molecule has 2 N–H and O–H groups in total. The van der Waals surface area contributed by atoms with Crippen LogP contribution in [0.25, 0.3) is 0 Å². The molecule has 1 amide bonds. The van der Waals surface area contributed by atoms with E-state index in [1.165, 1.54) is 0 Å². The van der Waals surface area contributed by atoms with Crippen LogP contribution in [0.3, 0.4) is 0 Å². The van der Waals surface area contributed by atoms with Crippen molar-refractivity contribution in [1.29, 1.82) is 0 Å². The van der Waals surface area contributed by atoms with Crippen molar-refractivity contribution in [3.05, 3.63) is 65.7 Å². The summed E-state index contributed by atoms with van der Waals surface area (Å²) in [6, 6.07) is 15.7. The smallest absolute Gasteiger partial charge is 0.410 e. The normalized spacial score (nSPS) is 11.7. The van der Waals surface area contributed by atoms with Gasteiger partial charge < -0.3 is 30.3 Å². The summed E-state index contributed by atoms with van der Waals surface area (Å²) in [6.07, 6.45) is -0.0138. The van der Waals surface area contributed by atoms with Gasteiger partial charge in [-0.3, -0.25) is 10.2 Å². The summed E-state index contributed by atoms with van der Waals surface area (Å²) in [7, 11) is -3.54. The minimum Gasteiger partial charge on any atom is -0.410 e. The van der Waals surface area contributed by atoms with Crippen molar-refractivity contribution in [3.8, 4) is 0 Å². The van der Waals surface area contributed by atoms with Crippen LogP contribution in [-0.4, -0.2) is 24.4 Å². The fourth-order valence-corrected chi connectivity index (χ4v) is 4.20. The van der Waals surface area contributed by atoms with Gasteiger partial charge in [-0.05, 0) is 28.9 Å². The summed E-state index contributed by atoms with van der Waals surface area (Å²) in [6.45, 7) is 1.95. The maximum atomic E-state index is 12.7. The summed E-state index contributed by atoms with van der Waals surface area (Å²) < 4.78 is 25.5. The van der Waals surface area contributed by atoms with Gasteiger partial charge in [0.1, 0.15) is 0 Å². The topological polar surface area (TPSA) is 75.3 Å². The predicted molar refractivity (Wildman–Crippen MR) is 108 cm³/mol. The largest absolute Gasteiger partial charge is 1.00 e. The van der Waals surface area contributed by atoms with E-state index in [1.807, 2.05) is 31.2 Å². The number of benzene rings is 2. The molecular weight excluding hydrogens is 428 g/mol. The van der Waals surface area contributed by atoms with E-state index in [0.717, 1.165) is 11.1 Å². The number of hydrazine groups is 1. The van der Waals surface area contributed by atoms with Crippen molar-refractivity contribution < 1.29 is 64.6 Å². The van der Waals surface area contributed by atoms with Crippen LogP contribution in [0, 0.1) is 6.92 Å². The SMILES string of the molecule is Cc1ccc(C(CC(=O)NNC(=S)[S-])CS(=O)(=O)c2ccccc2)cc1.[K+]. The molecule has 0 saturated heterocycles. The zero-order valence-corrected chi connectivity index (χ0v) is 20.7. The maximum absolute atomic E-state index is 12.7. The molecule has 1 atom stereocenters. The van der Waals surface area contributed by atoms with E-state index in [2.05, 4.69) is 35.7 Å². The van der Waals surface area contributed by atoms with E-state index in [4.69, 9.17) is 0 Å². The van der Waals surface area contributed by atoms with Crippen molar-refractivity contribution in [1.82, 2.24) is 10.9 Å². The summed E-state index contributed by atoms with van der Waals surface area (Å²) in [5, 5.41) is 0. The Hall–Kier alpha value is -0.394. The number of amides is 1.